The van der Waals surface area contributed by atoms with E-state index in [-0.39, 0.29) is 12.2 Å². The average Bonchev–Trinajstić information content (AvgIpc) is 2.26. The zero-order valence-corrected chi connectivity index (χ0v) is 8.59. The summed E-state index contributed by atoms with van der Waals surface area (Å²) in [5.41, 5.74) is 0.481. The number of halogens is 1. The Morgan fingerprint density at radius 2 is 2.33 bits per heavy atom. The predicted octanol–water partition coefficient (Wildman–Crippen LogP) is 1.43. The lowest BCUT2D eigenvalue weighted by molar-refractivity contribution is 0.121. The maximum absolute atomic E-state index is 13.5. The van der Waals surface area contributed by atoms with Crippen LogP contribution in [0, 0.1) is 17.1 Å². The van der Waals surface area contributed by atoms with Crippen molar-refractivity contribution < 1.29 is 9.13 Å². The molecule has 0 aliphatic rings. The lowest BCUT2D eigenvalue weighted by atomic mass is 10.1. The minimum absolute atomic E-state index is 0.0599. The van der Waals surface area contributed by atoms with Gasteiger partial charge in [-0.2, -0.15) is 5.26 Å². The van der Waals surface area contributed by atoms with E-state index in [1.54, 1.807) is 18.2 Å². The van der Waals surface area contributed by atoms with Crippen LogP contribution in [0.1, 0.15) is 11.1 Å². The molecule has 0 aromatic heterocycles. The molecular weight excluding hydrogens is 195 g/mol. The minimum Gasteiger partial charge on any atom is -0.375 e. The Balaban J connectivity index is 2.58. The van der Waals surface area contributed by atoms with E-state index in [9.17, 15) is 4.39 Å². The lowest BCUT2D eigenvalue weighted by Crippen LogP contribution is -2.14. The van der Waals surface area contributed by atoms with Crippen molar-refractivity contribution in [2.24, 2.45) is 0 Å². The van der Waals surface area contributed by atoms with Gasteiger partial charge in [0, 0.05) is 12.1 Å². The Labute approximate surface area is 88.5 Å². The van der Waals surface area contributed by atoms with E-state index >= 15 is 0 Å². The fourth-order valence-corrected chi connectivity index (χ4v) is 1.13. The van der Waals surface area contributed by atoms with Gasteiger partial charge in [0.25, 0.3) is 0 Å². The highest BCUT2D eigenvalue weighted by atomic mass is 19.1. The second kappa shape index (κ2) is 6.12. The molecule has 0 aliphatic heterocycles. The maximum Gasteiger partial charge on any atom is 0.146 e. The third-order valence-corrected chi connectivity index (χ3v) is 1.95. The van der Waals surface area contributed by atoms with E-state index < -0.39 is 5.82 Å². The Bertz CT molecular complexity index is 360. The zero-order valence-electron chi connectivity index (χ0n) is 8.59. The first-order chi connectivity index (χ1) is 7.29. The summed E-state index contributed by atoms with van der Waals surface area (Å²) in [6.07, 6.45) is 0. The van der Waals surface area contributed by atoms with Gasteiger partial charge in [-0.25, -0.2) is 4.39 Å². The summed E-state index contributed by atoms with van der Waals surface area (Å²) in [4.78, 5) is 0. The number of hydrogen-bond acceptors (Lipinski definition) is 3. The molecule has 1 N–H and O–H groups in total. The molecule has 3 nitrogen and oxygen atoms in total. The van der Waals surface area contributed by atoms with Gasteiger partial charge in [0.15, 0.2) is 0 Å². The maximum atomic E-state index is 13.5. The van der Waals surface area contributed by atoms with Crippen LogP contribution in [-0.2, 0) is 11.3 Å². The molecule has 1 aromatic rings. The van der Waals surface area contributed by atoms with Crippen LogP contribution in [0.15, 0.2) is 18.2 Å². The minimum atomic E-state index is -0.482. The molecular formula is C11H13FN2O. The Hall–Kier alpha value is -1.44. The normalized spacial score (nSPS) is 9.93. The van der Waals surface area contributed by atoms with Crippen molar-refractivity contribution in [3.8, 4) is 6.07 Å². The van der Waals surface area contributed by atoms with E-state index in [2.05, 4.69) is 5.32 Å². The van der Waals surface area contributed by atoms with Crippen LogP contribution in [0.5, 0.6) is 0 Å². The Morgan fingerprint density at radius 1 is 1.53 bits per heavy atom. The van der Waals surface area contributed by atoms with Gasteiger partial charge in [-0.1, -0.05) is 12.1 Å². The van der Waals surface area contributed by atoms with E-state index in [1.165, 1.54) is 6.07 Å². The van der Waals surface area contributed by atoms with Crippen molar-refractivity contribution in [1.82, 2.24) is 5.32 Å². The van der Waals surface area contributed by atoms with Crippen LogP contribution < -0.4 is 5.32 Å². The van der Waals surface area contributed by atoms with Crippen molar-refractivity contribution >= 4 is 0 Å². The van der Waals surface area contributed by atoms with Gasteiger partial charge in [0.2, 0.25) is 0 Å². The van der Waals surface area contributed by atoms with Gasteiger partial charge in [0.05, 0.1) is 18.8 Å². The van der Waals surface area contributed by atoms with Crippen LogP contribution >= 0.6 is 0 Å². The molecule has 0 atom stereocenters. The number of ether oxygens (including phenoxy) is 1. The van der Waals surface area contributed by atoms with Crippen molar-refractivity contribution in [3.05, 3.63) is 35.1 Å². The van der Waals surface area contributed by atoms with Gasteiger partial charge >= 0.3 is 0 Å². The Kier molecular flexibility index (Phi) is 4.75. The first-order valence-corrected chi connectivity index (χ1v) is 4.69. The number of rotatable bonds is 5. The SMILES string of the molecule is CNCCOCc1cccc(C#N)c1F. The standard InChI is InChI=1S/C11H13FN2O/c1-14-5-6-15-8-10-4-2-3-9(7-13)11(10)12/h2-4,14H,5-6,8H2,1H3. The molecule has 0 unspecified atom stereocenters. The lowest BCUT2D eigenvalue weighted by Gasteiger charge is -2.05. The summed E-state index contributed by atoms with van der Waals surface area (Å²) < 4.78 is 18.7. The summed E-state index contributed by atoms with van der Waals surface area (Å²) >= 11 is 0. The monoisotopic (exact) mass is 208 g/mol. The van der Waals surface area contributed by atoms with Crippen LogP contribution in [0.4, 0.5) is 4.39 Å². The third kappa shape index (κ3) is 3.31. The summed E-state index contributed by atoms with van der Waals surface area (Å²) in [5, 5.41) is 11.5. The van der Waals surface area contributed by atoms with Gasteiger partial charge in [-0.3, -0.25) is 0 Å². The molecule has 0 heterocycles. The third-order valence-electron chi connectivity index (χ3n) is 1.95. The number of benzene rings is 1. The molecule has 0 radical (unpaired) electrons. The van der Waals surface area contributed by atoms with Crippen molar-refractivity contribution in [2.75, 3.05) is 20.2 Å². The first kappa shape index (κ1) is 11.6. The smallest absolute Gasteiger partial charge is 0.146 e. The topological polar surface area (TPSA) is 45.0 Å². The largest absolute Gasteiger partial charge is 0.375 e. The summed E-state index contributed by atoms with van der Waals surface area (Å²) in [7, 11) is 1.82. The molecule has 15 heavy (non-hydrogen) atoms. The average molecular weight is 208 g/mol. The van der Waals surface area contributed by atoms with Gasteiger partial charge < -0.3 is 10.1 Å². The van der Waals surface area contributed by atoms with Crippen LogP contribution in [0.25, 0.3) is 0 Å². The molecule has 0 bridgehead atoms. The van der Waals surface area contributed by atoms with E-state index in [0.29, 0.717) is 12.2 Å². The van der Waals surface area contributed by atoms with Gasteiger partial charge in [-0.05, 0) is 13.1 Å². The van der Waals surface area contributed by atoms with E-state index in [1.807, 2.05) is 7.05 Å². The fraction of sp³-hybridized carbons (Fsp3) is 0.364. The van der Waals surface area contributed by atoms with Crippen molar-refractivity contribution in [1.29, 1.82) is 5.26 Å². The quantitative estimate of drug-likeness (QED) is 0.744. The fourth-order valence-electron chi connectivity index (χ4n) is 1.13. The van der Waals surface area contributed by atoms with E-state index in [4.69, 9.17) is 10.00 Å². The summed E-state index contributed by atoms with van der Waals surface area (Å²) in [6.45, 7) is 1.44. The van der Waals surface area contributed by atoms with Crippen LogP contribution in [0.2, 0.25) is 0 Å². The molecule has 0 aliphatic carbocycles. The number of nitrogens with zero attached hydrogens (tertiary/aromatic N) is 1. The molecule has 0 saturated heterocycles. The summed E-state index contributed by atoms with van der Waals surface area (Å²) in [5.74, 6) is -0.482. The molecule has 0 spiro atoms. The number of nitriles is 1. The molecule has 4 heteroatoms. The van der Waals surface area contributed by atoms with E-state index in [0.717, 1.165) is 6.54 Å². The van der Waals surface area contributed by atoms with Crippen molar-refractivity contribution in [3.63, 3.8) is 0 Å². The van der Waals surface area contributed by atoms with Gasteiger partial charge in [-0.15, -0.1) is 0 Å². The van der Waals surface area contributed by atoms with Crippen LogP contribution in [-0.4, -0.2) is 20.2 Å². The second-order valence-electron chi connectivity index (χ2n) is 3.05. The highest BCUT2D eigenvalue weighted by molar-refractivity contribution is 5.34. The number of hydrogen-bond donors (Lipinski definition) is 1. The Morgan fingerprint density at radius 3 is 3.00 bits per heavy atom. The second-order valence-corrected chi connectivity index (χ2v) is 3.05. The predicted molar refractivity (Wildman–Crippen MR) is 54.7 cm³/mol. The van der Waals surface area contributed by atoms with Crippen LogP contribution in [0.3, 0.4) is 0 Å². The molecule has 80 valence electrons. The summed E-state index contributed by atoms with van der Waals surface area (Å²) in [6, 6.07) is 6.52. The molecule has 0 saturated carbocycles. The van der Waals surface area contributed by atoms with Gasteiger partial charge in [0.1, 0.15) is 11.9 Å². The number of likely N-dealkylation sites (N-methyl/N-ethyl adjacent to an activating group) is 1. The molecule has 1 rings (SSSR count). The highest BCUT2D eigenvalue weighted by Crippen LogP contribution is 2.12. The van der Waals surface area contributed by atoms with Crippen molar-refractivity contribution in [2.45, 2.75) is 6.61 Å². The molecule has 0 amide bonds. The zero-order chi connectivity index (χ0) is 11.1. The molecule has 0 fully saturated rings. The highest BCUT2D eigenvalue weighted by Gasteiger charge is 2.06. The molecule has 1 aromatic carbocycles. The number of nitrogens with one attached hydrogen (secondary N) is 1. The first-order valence-electron chi connectivity index (χ1n) is 4.69.